The van der Waals surface area contributed by atoms with Crippen molar-refractivity contribution in [2.45, 2.75) is 6.61 Å². The van der Waals surface area contributed by atoms with Crippen molar-refractivity contribution < 1.29 is 9.53 Å². The van der Waals surface area contributed by atoms with E-state index in [1.165, 1.54) is 6.07 Å². The highest BCUT2D eigenvalue weighted by atomic mass is 16.5. The first-order chi connectivity index (χ1) is 9.29. The van der Waals surface area contributed by atoms with Gasteiger partial charge in [-0.3, -0.25) is 5.32 Å². The number of ether oxygens (including phenoxy) is 1. The van der Waals surface area contributed by atoms with Crippen LogP contribution in [0.2, 0.25) is 0 Å². The summed E-state index contributed by atoms with van der Waals surface area (Å²) in [5.74, 6) is 0. The molecule has 1 amide bonds. The van der Waals surface area contributed by atoms with E-state index >= 15 is 0 Å². The topological polar surface area (TPSA) is 67.8 Å². The third-order valence-electron chi connectivity index (χ3n) is 2.45. The molecule has 0 aromatic heterocycles. The van der Waals surface area contributed by atoms with E-state index in [4.69, 9.17) is 4.74 Å². The van der Waals surface area contributed by atoms with Crippen LogP contribution in [-0.4, -0.2) is 6.09 Å². The molecule has 0 unspecified atom stereocenters. The zero-order chi connectivity index (χ0) is 13.5. The van der Waals surface area contributed by atoms with Gasteiger partial charge in [-0.25, -0.2) is 4.79 Å². The highest BCUT2D eigenvalue weighted by Gasteiger charge is 2.07. The molecular weight excluding hydrogens is 244 g/mol. The van der Waals surface area contributed by atoms with Crippen LogP contribution in [0.4, 0.5) is 16.2 Å². The summed E-state index contributed by atoms with van der Waals surface area (Å²) in [6.45, 7) is 0.170. The third-order valence-corrected chi connectivity index (χ3v) is 2.45. The lowest BCUT2D eigenvalue weighted by Gasteiger charge is -2.07. The Bertz CT molecular complexity index is 570. The minimum atomic E-state index is -0.625. The molecule has 0 saturated carbocycles. The normalized spacial score (nSPS) is 9.68. The fourth-order valence-electron chi connectivity index (χ4n) is 1.53. The quantitative estimate of drug-likeness (QED) is 0.845. The number of hydrogen-bond acceptors (Lipinski definition) is 4. The number of nitrogens with zero attached hydrogens (tertiary/aromatic N) is 1. The van der Waals surface area contributed by atoms with Gasteiger partial charge >= 0.3 is 6.09 Å². The first-order valence-corrected chi connectivity index (χ1v) is 5.69. The molecule has 0 aliphatic heterocycles. The summed E-state index contributed by atoms with van der Waals surface area (Å²) >= 11 is 0. The summed E-state index contributed by atoms with van der Waals surface area (Å²) in [6, 6.07) is 15.8. The van der Waals surface area contributed by atoms with Crippen molar-refractivity contribution in [2.75, 3.05) is 5.32 Å². The number of benzene rings is 2. The van der Waals surface area contributed by atoms with E-state index in [-0.39, 0.29) is 12.3 Å². The molecular formula is C14H12N2O3. The minimum Gasteiger partial charge on any atom is -0.444 e. The van der Waals surface area contributed by atoms with Crippen LogP contribution >= 0.6 is 0 Å². The predicted molar refractivity (Wildman–Crippen MR) is 72.1 cm³/mol. The van der Waals surface area contributed by atoms with Gasteiger partial charge in [0, 0.05) is 0 Å². The lowest BCUT2D eigenvalue weighted by molar-refractivity contribution is 0.155. The van der Waals surface area contributed by atoms with Gasteiger partial charge in [-0.1, -0.05) is 42.5 Å². The average molecular weight is 256 g/mol. The van der Waals surface area contributed by atoms with Crippen LogP contribution in [0.25, 0.3) is 0 Å². The average Bonchev–Trinajstić information content (AvgIpc) is 2.47. The number of amides is 1. The molecule has 0 bridgehead atoms. The van der Waals surface area contributed by atoms with E-state index in [0.29, 0.717) is 5.69 Å². The largest absolute Gasteiger partial charge is 0.444 e. The second-order valence-electron chi connectivity index (χ2n) is 3.80. The van der Waals surface area contributed by atoms with Gasteiger partial charge < -0.3 is 4.74 Å². The number of nitroso groups, excluding NO2 is 1. The molecule has 1 N–H and O–H groups in total. The zero-order valence-electron chi connectivity index (χ0n) is 10.1. The summed E-state index contributed by atoms with van der Waals surface area (Å²) in [6.07, 6.45) is -0.625. The molecule has 2 rings (SSSR count). The van der Waals surface area contributed by atoms with Crippen molar-refractivity contribution in [3.05, 3.63) is 65.1 Å². The Balaban J connectivity index is 1.93. The monoisotopic (exact) mass is 256 g/mol. The van der Waals surface area contributed by atoms with E-state index in [1.54, 1.807) is 18.2 Å². The molecule has 96 valence electrons. The summed E-state index contributed by atoms with van der Waals surface area (Å²) in [5, 5.41) is 5.30. The van der Waals surface area contributed by atoms with Crippen molar-refractivity contribution in [2.24, 2.45) is 5.18 Å². The van der Waals surface area contributed by atoms with Gasteiger partial charge in [-0.05, 0) is 22.9 Å². The van der Waals surface area contributed by atoms with Gasteiger partial charge in [0.1, 0.15) is 12.3 Å². The molecule has 0 heterocycles. The SMILES string of the molecule is O=Nc1ccccc1NC(=O)OCc1ccccc1. The number of rotatable bonds is 4. The second kappa shape index (κ2) is 6.30. The van der Waals surface area contributed by atoms with Gasteiger partial charge in [-0.15, -0.1) is 4.91 Å². The molecule has 5 nitrogen and oxygen atoms in total. The fraction of sp³-hybridized carbons (Fsp3) is 0.0714. The maximum absolute atomic E-state index is 11.6. The Morgan fingerprint density at radius 1 is 1.05 bits per heavy atom. The fourth-order valence-corrected chi connectivity index (χ4v) is 1.53. The molecule has 0 saturated heterocycles. The maximum atomic E-state index is 11.6. The number of nitrogens with one attached hydrogen (secondary N) is 1. The van der Waals surface area contributed by atoms with Crippen LogP contribution in [0.3, 0.4) is 0 Å². The lowest BCUT2D eigenvalue weighted by Crippen LogP contribution is -2.13. The Morgan fingerprint density at radius 3 is 2.47 bits per heavy atom. The zero-order valence-corrected chi connectivity index (χ0v) is 10.1. The van der Waals surface area contributed by atoms with Crippen molar-refractivity contribution >= 4 is 17.5 Å². The van der Waals surface area contributed by atoms with Crippen molar-refractivity contribution in [1.82, 2.24) is 0 Å². The van der Waals surface area contributed by atoms with Crippen molar-refractivity contribution in [3.8, 4) is 0 Å². The molecule has 0 radical (unpaired) electrons. The molecule has 2 aromatic carbocycles. The van der Waals surface area contributed by atoms with E-state index in [0.717, 1.165) is 5.56 Å². The summed E-state index contributed by atoms with van der Waals surface area (Å²) in [7, 11) is 0. The third kappa shape index (κ3) is 3.64. The summed E-state index contributed by atoms with van der Waals surface area (Å²) < 4.78 is 5.04. The van der Waals surface area contributed by atoms with Gasteiger partial charge in [-0.2, -0.15) is 0 Å². The molecule has 5 heteroatoms. The van der Waals surface area contributed by atoms with E-state index in [9.17, 15) is 9.70 Å². The van der Waals surface area contributed by atoms with Crippen molar-refractivity contribution in [3.63, 3.8) is 0 Å². The first kappa shape index (κ1) is 12.8. The number of anilines is 1. The van der Waals surface area contributed by atoms with Crippen molar-refractivity contribution in [1.29, 1.82) is 0 Å². The standard InChI is InChI=1S/C14H12N2O3/c17-14(19-10-11-6-2-1-3-7-11)15-12-8-4-5-9-13(12)16-18/h1-9H,10H2,(H,15,17). The summed E-state index contributed by atoms with van der Waals surface area (Å²) in [5.41, 5.74) is 1.38. The van der Waals surface area contributed by atoms with Crippen LogP contribution in [0.1, 0.15) is 5.56 Å². The Hall–Kier alpha value is -2.69. The highest BCUT2D eigenvalue weighted by Crippen LogP contribution is 2.23. The second-order valence-corrected chi connectivity index (χ2v) is 3.80. The Labute approximate surface area is 110 Å². The maximum Gasteiger partial charge on any atom is 0.412 e. The molecule has 0 fully saturated rings. The molecule has 19 heavy (non-hydrogen) atoms. The predicted octanol–water partition coefficient (Wildman–Crippen LogP) is 3.83. The Kier molecular flexibility index (Phi) is 4.23. The van der Waals surface area contributed by atoms with Crippen LogP contribution in [0.5, 0.6) is 0 Å². The molecule has 0 aliphatic carbocycles. The summed E-state index contributed by atoms with van der Waals surface area (Å²) in [4.78, 5) is 22.1. The van der Waals surface area contributed by atoms with Crippen LogP contribution in [0, 0.1) is 4.91 Å². The highest BCUT2D eigenvalue weighted by molar-refractivity contribution is 5.88. The molecule has 0 atom stereocenters. The van der Waals surface area contributed by atoms with Crippen LogP contribution < -0.4 is 5.32 Å². The van der Waals surface area contributed by atoms with Crippen LogP contribution in [0.15, 0.2) is 59.8 Å². The minimum absolute atomic E-state index is 0.166. The number of carbonyl (C=O) groups is 1. The Morgan fingerprint density at radius 2 is 1.74 bits per heavy atom. The van der Waals surface area contributed by atoms with E-state index in [1.807, 2.05) is 30.3 Å². The lowest BCUT2D eigenvalue weighted by atomic mass is 10.2. The first-order valence-electron chi connectivity index (χ1n) is 5.69. The van der Waals surface area contributed by atoms with E-state index < -0.39 is 6.09 Å². The van der Waals surface area contributed by atoms with Gasteiger partial charge in [0.25, 0.3) is 0 Å². The molecule has 2 aromatic rings. The molecule has 0 aliphatic rings. The van der Waals surface area contributed by atoms with Gasteiger partial charge in [0.05, 0.1) is 5.69 Å². The van der Waals surface area contributed by atoms with Gasteiger partial charge in [0.2, 0.25) is 0 Å². The number of hydrogen-bond donors (Lipinski definition) is 1. The number of para-hydroxylation sites is 1. The molecule has 0 spiro atoms. The smallest absolute Gasteiger partial charge is 0.412 e. The van der Waals surface area contributed by atoms with E-state index in [2.05, 4.69) is 10.5 Å². The number of carbonyl (C=O) groups excluding carboxylic acids is 1. The van der Waals surface area contributed by atoms with Crippen LogP contribution in [-0.2, 0) is 11.3 Å². The van der Waals surface area contributed by atoms with Gasteiger partial charge in [0.15, 0.2) is 0 Å².